The van der Waals surface area contributed by atoms with Crippen LogP contribution >= 0.6 is 7.60 Å². The standard InChI is InChI=1S/C16H19O7P/c1-3-15(17)20-10-12-22-24(19,14-8-6-5-7-9-14)23-13-11-21-16(18)4-2/h3-9H,1-2,10-13H2. The van der Waals surface area contributed by atoms with Gasteiger partial charge in [0.1, 0.15) is 13.2 Å². The molecule has 0 spiro atoms. The number of rotatable bonds is 11. The minimum absolute atomic E-state index is 0.101. The Morgan fingerprint density at radius 2 is 1.33 bits per heavy atom. The Morgan fingerprint density at radius 3 is 1.75 bits per heavy atom. The Bertz CT molecular complexity index is 580. The van der Waals surface area contributed by atoms with Crippen molar-refractivity contribution in [3.8, 4) is 0 Å². The molecule has 24 heavy (non-hydrogen) atoms. The van der Waals surface area contributed by atoms with Crippen LogP contribution in [0.4, 0.5) is 0 Å². The van der Waals surface area contributed by atoms with Crippen molar-refractivity contribution in [1.29, 1.82) is 0 Å². The van der Waals surface area contributed by atoms with E-state index in [4.69, 9.17) is 18.5 Å². The lowest BCUT2D eigenvalue weighted by molar-refractivity contribution is -0.139. The van der Waals surface area contributed by atoms with Gasteiger partial charge in [0, 0.05) is 12.2 Å². The van der Waals surface area contributed by atoms with Crippen LogP contribution in [0, 0.1) is 0 Å². The molecular weight excluding hydrogens is 335 g/mol. The Morgan fingerprint density at radius 1 is 0.875 bits per heavy atom. The van der Waals surface area contributed by atoms with Gasteiger partial charge >= 0.3 is 19.5 Å². The average Bonchev–Trinajstić information content (AvgIpc) is 2.62. The largest absolute Gasteiger partial charge is 0.460 e. The SMILES string of the molecule is C=CC(=O)OCCOP(=O)(OCCOC(=O)C=C)c1ccccc1. The third-order valence-electron chi connectivity index (χ3n) is 2.58. The lowest BCUT2D eigenvalue weighted by atomic mass is 10.4. The van der Waals surface area contributed by atoms with E-state index in [2.05, 4.69) is 13.2 Å². The fraction of sp³-hybridized carbons (Fsp3) is 0.250. The van der Waals surface area contributed by atoms with E-state index in [9.17, 15) is 14.2 Å². The summed E-state index contributed by atoms with van der Waals surface area (Å²) in [6.07, 6.45) is 2.03. The molecular formula is C16H19O7P. The second-order valence-electron chi connectivity index (χ2n) is 4.24. The summed E-state index contributed by atoms with van der Waals surface area (Å²) in [6.45, 7) is 6.07. The van der Waals surface area contributed by atoms with E-state index in [0.29, 0.717) is 5.30 Å². The molecule has 0 aliphatic carbocycles. The number of carbonyl (C=O) groups excluding carboxylic acids is 2. The van der Waals surface area contributed by atoms with E-state index in [1.807, 2.05) is 0 Å². The molecule has 0 aliphatic rings. The van der Waals surface area contributed by atoms with Crippen molar-refractivity contribution in [2.75, 3.05) is 26.4 Å². The molecule has 130 valence electrons. The van der Waals surface area contributed by atoms with Gasteiger partial charge in [-0.05, 0) is 12.1 Å². The van der Waals surface area contributed by atoms with Crippen LogP contribution in [0.5, 0.6) is 0 Å². The highest BCUT2D eigenvalue weighted by molar-refractivity contribution is 7.62. The van der Waals surface area contributed by atoms with Gasteiger partial charge in [-0.15, -0.1) is 0 Å². The molecule has 0 unspecified atom stereocenters. The van der Waals surface area contributed by atoms with Gasteiger partial charge in [-0.25, -0.2) is 9.59 Å². The zero-order valence-electron chi connectivity index (χ0n) is 13.1. The van der Waals surface area contributed by atoms with Crippen molar-refractivity contribution in [2.45, 2.75) is 0 Å². The summed E-state index contributed by atoms with van der Waals surface area (Å²) in [4.78, 5) is 21.9. The monoisotopic (exact) mass is 354 g/mol. The second-order valence-corrected chi connectivity index (χ2v) is 6.27. The van der Waals surface area contributed by atoms with E-state index in [0.717, 1.165) is 12.2 Å². The molecule has 0 aromatic heterocycles. The van der Waals surface area contributed by atoms with Crippen molar-refractivity contribution in [2.24, 2.45) is 0 Å². The molecule has 0 amide bonds. The van der Waals surface area contributed by atoms with E-state index in [-0.39, 0.29) is 26.4 Å². The van der Waals surface area contributed by atoms with E-state index in [1.165, 1.54) is 0 Å². The second kappa shape index (κ2) is 10.5. The fourth-order valence-corrected chi connectivity index (χ4v) is 3.05. The Hall–Kier alpha value is -2.21. The molecule has 0 heterocycles. The normalized spacial score (nSPS) is 10.7. The summed E-state index contributed by atoms with van der Waals surface area (Å²) in [5.74, 6) is -1.21. The summed E-state index contributed by atoms with van der Waals surface area (Å²) in [6, 6.07) is 8.30. The molecule has 7 nitrogen and oxygen atoms in total. The van der Waals surface area contributed by atoms with Crippen molar-refractivity contribution in [3.63, 3.8) is 0 Å². The quantitative estimate of drug-likeness (QED) is 0.260. The van der Waals surface area contributed by atoms with Gasteiger partial charge in [0.2, 0.25) is 0 Å². The van der Waals surface area contributed by atoms with Crippen LogP contribution in [0.2, 0.25) is 0 Å². The lowest BCUT2D eigenvalue weighted by Crippen LogP contribution is -2.16. The summed E-state index contributed by atoms with van der Waals surface area (Å²) in [5.41, 5.74) is 0. The maximum Gasteiger partial charge on any atom is 0.361 e. The van der Waals surface area contributed by atoms with E-state index < -0.39 is 19.5 Å². The maximum absolute atomic E-state index is 12.9. The van der Waals surface area contributed by atoms with Gasteiger partial charge in [-0.2, -0.15) is 0 Å². The highest BCUT2D eigenvalue weighted by atomic mass is 31.2. The van der Waals surface area contributed by atoms with Crippen LogP contribution in [-0.2, 0) is 32.7 Å². The zero-order valence-corrected chi connectivity index (χ0v) is 14.0. The predicted molar refractivity (Wildman–Crippen MR) is 87.9 cm³/mol. The van der Waals surface area contributed by atoms with Crippen LogP contribution in [0.1, 0.15) is 0 Å². The van der Waals surface area contributed by atoms with Crippen molar-refractivity contribution in [1.82, 2.24) is 0 Å². The molecule has 1 aromatic rings. The summed E-state index contributed by atoms with van der Waals surface area (Å²) >= 11 is 0. The first-order chi connectivity index (χ1) is 11.5. The third kappa shape index (κ3) is 6.91. The molecule has 1 aromatic carbocycles. The molecule has 0 atom stereocenters. The number of benzene rings is 1. The highest BCUT2D eigenvalue weighted by Crippen LogP contribution is 2.46. The van der Waals surface area contributed by atoms with Crippen LogP contribution in [0.3, 0.4) is 0 Å². The Balaban J connectivity index is 2.61. The van der Waals surface area contributed by atoms with Gasteiger partial charge in [0.25, 0.3) is 0 Å². The third-order valence-corrected chi connectivity index (χ3v) is 4.56. The van der Waals surface area contributed by atoms with Crippen LogP contribution in [0.15, 0.2) is 55.6 Å². The molecule has 0 N–H and O–H groups in total. The van der Waals surface area contributed by atoms with Gasteiger partial charge < -0.3 is 18.5 Å². The molecule has 0 fully saturated rings. The first kappa shape index (κ1) is 19.8. The smallest absolute Gasteiger partial charge is 0.361 e. The van der Waals surface area contributed by atoms with E-state index >= 15 is 0 Å². The number of hydrogen-bond donors (Lipinski definition) is 0. The molecule has 8 heteroatoms. The summed E-state index contributed by atoms with van der Waals surface area (Å²) < 4.78 is 33.0. The van der Waals surface area contributed by atoms with E-state index in [1.54, 1.807) is 30.3 Å². The topological polar surface area (TPSA) is 88.1 Å². The minimum Gasteiger partial charge on any atom is -0.460 e. The Labute approximate surface area is 140 Å². The average molecular weight is 354 g/mol. The van der Waals surface area contributed by atoms with Gasteiger partial charge in [-0.3, -0.25) is 4.57 Å². The van der Waals surface area contributed by atoms with Gasteiger partial charge in [0.05, 0.1) is 18.5 Å². The lowest BCUT2D eigenvalue weighted by Gasteiger charge is -2.18. The fourth-order valence-electron chi connectivity index (χ4n) is 1.51. The highest BCUT2D eigenvalue weighted by Gasteiger charge is 2.27. The van der Waals surface area contributed by atoms with Crippen molar-refractivity contribution >= 4 is 24.8 Å². The molecule has 0 saturated heterocycles. The molecule has 0 bridgehead atoms. The van der Waals surface area contributed by atoms with Crippen molar-refractivity contribution in [3.05, 3.63) is 55.6 Å². The molecule has 0 saturated carbocycles. The summed E-state index contributed by atoms with van der Waals surface area (Å²) in [7, 11) is -3.64. The first-order valence-corrected chi connectivity index (χ1v) is 8.59. The number of ether oxygens (including phenoxy) is 2. The molecule has 0 radical (unpaired) electrons. The number of esters is 2. The molecule has 0 aliphatic heterocycles. The number of hydrogen-bond acceptors (Lipinski definition) is 7. The van der Waals surface area contributed by atoms with Crippen LogP contribution in [0.25, 0.3) is 0 Å². The van der Waals surface area contributed by atoms with Gasteiger partial charge in [-0.1, -0.05) is 31.4 Å². The zero-order chi connectivity index (χ0) is 17.8. The van der Waals surface area contributed by atoms with Gasteiger partial charge in [0.15, 0.2) is 0 Å². The van der Waals surface area contributed by atoms with Crippen LogP contribution < -0.4 is 5.30 Å². The number of carbonyl (C=O) groups is 2. The van der Waals surface area contributed by atoms with Crippen LogP contribution in [-0.4, -0.2) is 38.4 Å². The first-order valence-electron chi connectivity index (χ1n) is 7.05. The minimum atomic E-state index is -3.64. The predicted octanol–water partition coefficient (Wildman–Crippen LogP) is 2.00. The Kier molecular flexibility index (Phi) is 8.71. The maximum atomic E-state index is 12.9. The summed E-state index contributed by atoms with van der Waals surface area (Å²) in [5, 5.41) is 0.343. The molecule has 1 rings (SSSR count). The van der Waals surface area contributed by atoms with Crippen molar-refractivity contribution < 1.29 is 32.7 Å².